The van der Waals surface area contributed by atoms with Crippen LogP contribution in [-0.2, 0) is 11.3 Å². The maximum absolute atomic E-state index is 12.4. The molecular formula is C24H36IN5O3. The van der Waals surface area contributed by atoms with E-state index in [1.165, 1.54) is 0 Å². The zero-order valence-corrected chi connectivity index (χ0v) is 22.3. The van der Waals surface area contributed by atoms with Crippen LogP contribution in [0.15, 0.2) is 46.0 Å². The van der Waals surface area contributed by atoms with E-state index >= 15 is 0 Å². The maximum atomic E-state index is 12.4. The van der Waals surface area contributed by atoms with E-state index in [1.54, 1.807) is 6.26 Å². The number of oxazole rings is 1. The molecule has 1 aliphatic rings. The van der Waals surface area contributed by atoms with Gasteiger partial charge in [0.2, 0.25) is 5.89 Å². The van der Waals surface area contributed by atoms with Crippen molar-refractivity contribution >= 4 is 36.0 Å². The van der Waals surface area contributed by atoms with Crippen molar-refractivity contribution in [1.82, 2.24) is 20.5 Å². The summed E-state index contributed by atoms with van der Waals surface area (Å²) < 4.78 is 11.1. The SMILES string of the molecule is CCNC(=NCc1coc(-c2ccccc2)n1)NCC1CCCN(C(=O)OC(C)(C)C)C1.I. The van der Waals surface area contributed by atoms with E-state index in [0.29, 0.717) is 24.9 Å². The Hall–Kier alpha value is -2.30. The molecule has 0 spiro atoms. The van der Waals surface area contributed by atoms with E-state index in [2.05, 4.69) is 20.6 Å². The van der Waals surface area contributed by atoms with Crippen molar-refractivity contribution < 1.29 is 13.9 Å². The molecule has 1 amide bonds. The van der Waals surface area contributed by atoms with Gasteiger partial charge in [-0.15, -0.1) is 24.0 Å². The van der Waals surface area contributed by atoms with Gasteiger partial charge in [0.25, 0.3) is 0 Å². The molecule has 0 radical (unpaired) electrons. The van der Waals surface area contributed by atoms with Crippen LogP contribution in [0.5, 0.6) is 0 Å². The van der Waals surface area contributed by atoms with Crippen molar-refractivity contribution in [1.29, 1.82) is 0 Å². The van der Waals surface area contributed by atoms with Crippen molar-refractivity contribution in [2.24, 2.45) is 10.9 Å². The maximum Gasteiger partial charge on any atom is 0.410 e. The zero-order chi connectivity index (χ0) is 23.0. The largest absolute Gasteiger partial charge is 0.444 e. The number of nitrogens with one attached hydrogen (secondary N) is 2. The normalized spacial score (nSPS) is 16.7. The number of halogens is 1. The number of carbonyl (C=O) groups is 1. The monoisotopic (exact) mass is 569 g/mol. The first-order valence-electron chi connectivity index (χ1n) is 11.3. The molecule has 2 heterocycles. The standard InChI is InChI=1S/C24H35N5O3.HI/c1-5-25-22(27-15-20-17-31-21(28-20)19-11-7-6-8-12-19)26-14-18-10-9-13-29(16-18)23(30)32-24(2,3)4;/h6-8,11-12,17-18H,5,9-10,13-16H2,1-4H3,(H2,25,26,27);1H. The van der Waals surface area contributed by atoms with E-state index in [0.717, 1.165) is 49.7 Å². The van der Waals surface area contributed by atoms with Gasteiger partial charge < -0.3 is 24.7 Å². The van der Waals surface area contributed by atoms with E-state index in [-0.39, 0.29) is 30.1 Å². The molecule has 2 aromatic rings. The van der Waals surface area contributed by atoms with Crippen LogP contribution in [-0.4, -0.2) is 53.7 Å². The highest BCUT2D eigenvalue weighted by atomic mass is 127. The summed E-state index contributed by atoms with van der Waals surface area (Å²) in [6.07, 6.45) is 3.45. The van der Waals surface area contributed by atoms with Crippen molar-refractivity contribution in [3.05, 3.63) is 42.3 Å². The summed E-state index contributed by atoms with van der Waals surface area (Å²) in [5.41, 5.74) is 1.24. The molecule has 1 fully saturated rings. The van der Waals surface area contributed by atoms with Crippen molar-refractivity contribution in [3.63, 3.8) is 0 Å². The van der Waals surface area contributed by atoms with Gasteiger partial charge in [0.05, 0.1) is 6.54 Å². The Morgan fingerprint density at radius 1 is 1.27 bits per heavy atom. The Morgan fingerprint density at radius 3 is 2.73 bits per heavy atom. The summed E-state index contributed by atoms with van der Waals surface area (Å²) in [6, 6.07) is 9.81. The predicted octanol–water partition coefficient (Wildman–Crippen LogP) is 4.66. The number of ether oxygens (including phenoxy) is 1. The molecule has 1 aromatic carbocycles. The number of piperidine rings is 1. The highest BCUT2D eigenvalue weighted by Gasteiger charge is 2.27. The molecule has 9 heteroatoms. The molecule has 1 atom stereocenters. The van der Waals surface area contributed by atoms with E-state index in [9.17, 15) is 4.79 Å². The minimum Gasteiger partial charge on any atom is -0.444 e. The summed E-state index contributed by atoms with van der Waals surface area (Å²) >= 11 is 0. The van der Waals surface area contributed by atoms with E-state index < -0.39 is 5.60 Å². The van der Waals surface area contributed by atoms with Crippen LogP contribution in [0.1, 0.15) is 46.2 Å². The van der Waals surface area contributed by atoms with Crippen molar-refractivity contribution in [3.8, 4) is 11.5 Å². The number of guanidine groups is 1. The number of hydrogen-bond acceptors (Lipinski definition) is 5. The smallest absolute Gasteiger partial charge is 0.410 e. The molecule has 0 bridgehead atoms. The summed E-state index contributed by atoms with van der Waals surface area (Å²) in [5.74, 6) is 1.67. The van der Waals surface area contributed by atoms with Gasteiger partial charge in [-0.2, -0.15) is 0 Å². The lowest BCUT2D eigenvalue weighted by atomic mass is 9.98. The van der Waals surface area contributed by atoms with Gasteiger partial charge in [-0.1, -0.05) is 18.2 Å². The van der Waals surface area contributed by atoms with Crippen LogP contribution in [0.4, 0.5) is 4.79 Å². The highest BCUT2D eigenvalue weighted by molar-refractivity contribution is 14.0. The summed E-state index contributed by atoms with van der Waals surface area (Å²) in [6.45, 7) is 11.1. The van der Waals surface area contributed by atoms with Gasteiger partial charge in [0.15, 0.2) is 5.96 Å². The molecule has 1 saturated heterocycles. The summed E-state index contributed by atoms with van der Waals surface area (Å²) in [7, 11) is 0. The molecule has 2 N–H and O–H groups in total. The van der Waals surface area contributed by atoms with Crippen molar-refractivity contribution in [2.75, 3.05) is 26.2 Å². The van der Waals surface area contributed by atoms with Crippen LogP contribution in [0.3, 0.4) is 0 Å². The summed E-state index contributed by atoms with van der Waals surface area (Å²) in [5, 5.41) is 6.68. The Bertz CT molecular complexity index is 895. The molecule has 3 rings (SSSR count). The minimum absolute atomic E-state index is 0. The van der Waals surface area contributed by atoms with Gasteiger partial charge in [0, 0.05) is 31.7 Å². The van der Waals surface area contributed by atoms with Gasteiger partial charge in [-0.05, 0) is 58.6 Å². The number of carbonyl (C=O) groups excluding carboxylic acids is 1. The Kier molecular flexibility index (Phi) is 10.5. The summed E-state index contributed by atoms with van der Waals surface area (Å²) in [4.78, 5) is 23.4. The van der Waals surface area contributed by atoms with Crippen LogP contribution in [0.25, 0.3) is 11.5 Å². The van der Waals surface area contributed by atoms with Crippen LogP contribution in [0.2, 0.25) is 0 Å². The Balaban J connectivity index is 0.00000385. The molecule has 0 aliphatic carbocycles. The number of likely N-dealkylation sites (tertiary alicyclic amines) is 1. The fourth-order valence-electron chi connectivity index (χ4n) is 3.56. The van der Waals surface area contributed by atoms with Crippen LogP contribution >= 0.6 is 24.0 Å². The van der Waals surface area contributed by atoms with Gasteiger partial charge in [0.1, 0.15) is 17.6 Å². The fourth-order valence-corrected chi connectivity index (χ4v) is 3.56. The Labute approximate surface area is 213 Å². The molecule has 1 unspecified atom stereocenters. The number of aliphatic imine (C=N–C) groups is 1. The van der Waals surface area contributed by atoms with Gasteiger partial charge in [-0.3, -0.25) is 0 Å². The second-order valence-electron chi connectivity index (χ2n) is 9.02. The molecule has 1 aromatic heterocycles. The number of aromatic nitrogens is 1. The molecule has 8 nitrogen and oxygen atoms in total. The minimum atomic E-state index is -0.478. The van der Waals surface area contributed by atoms with Gasteiger partial charge in [-0.25, -0.2) is 14.8 Å². The lowest BCUT2D eigenvalue weighted by molar-refractivity contribution is 0.0168. The molecule has 33 heavy (non-hydrogen) atoms. The predicted molar refractivity (Wildman–Crippen MR) is 141 cm³/mol. The first-order valence-corrected chi connectivity index (χ1v) is 11.3. The fraction of sp³-hybridized carbons (Fsp3) is 0.542. The van der Waals surface area contributed by atoms with Crippen molar-refractivity contribution in [2.45, 2.75) is 52.7 Å². The number of amides is 1. The number of nitrogens with zero attached hydrogens (tertiary/aromatic N) is 3. The quantitative estimate of drug-likeness (QED) is 0.299. The average Bonchev–Trinajstić information content (AvgIpc) is 3.24. The average molecular weight is 569 g/mol. The lowest BCUT2D eigenvalue weighted by Crippen LogP contribution is -2.47. The van der Waals surface area contributed by atoms with E-state index in [1.807, 2.05) is 62.9 Å². The lowest BCUT2D eigenvalue weighted by Gasteiger charge is -2.34. The third-order valence-electron chi connectivity index (χ3n) is 5.04. The van der Waals surface area contributed by atoms with Crippen LogP contribution in [0, 0.1) is 5.92 Å². The first kappa shape index (κ1) is 26.9. The number of benzene rings is 1. The molecular weight excluding hydrogens is 533 g/mol. The zero-order valence-electron chi connectivity index (χ0n) is 20.0. The number of rotatable bonds is 6. The first-order chi connectivity index (χ1) is 15.3. The second kappa shape index (κ2) is 12.8. The molecule has 1 aliphatic heterocycles. The third kappa shape index (κ3) is 8.87. The Morgan fingerprint density at radius 2 is 2.03 bits per heavy atom. The molecule has 0 saturated carbocycles. The van der Waals surface area contributed by atoms with Gasteiger partial charge >= 0.3 is 6.09 Å². The highest BCUT2D eigenvalue weighted by Crippen LogP contribution is 2.20. The van der Waals surface area contributed by atoms with Crippen LogP contribution < -0.4 is 10.6 Å². The van der Waals surface area contributed by atoms with E-state index in [4.69, 9.17) is 9.15 Å². The molecule has 182 valence electrons. The number of hydrogen-bond donors (Lipinski definition) is 2. The third-order valence-corrected chi connectivity index (χ3v) is 5.04. The topological polar surface area (TPSA) is 92.0 Å². The second-order valence-corrected chi connectivity index (χ2v) is 9.02.